The SMILES string of the molecule is O=C(c1cc(Br)ccc1Br)N(CC1CCCCC1)C1CC1. The van der Waals surface area contributed by atoms with Crippen LogP contribution >= 0.6 is 31.9 Å². The molecule has 21 heavy (non-hydrogen) atoms. The summed E-state index contributed by atoms with van der Waals surface area (Å²) in [5.41, 5.74) is 0.784. The predicted octanol–water partition coefficient (Wildman–Crippen LogP) is 5.40. The van der Waals surface area contributed by atoms with E-state index in [1.165, 1.54) is 44.9 Å². The van der Waals surface area contributed by atoms with Gasteiger partial charge in [-0.3, -0.25) is 4.79 Å². The first kappa shape index (κ1) is 15.5. The molecule has 0 radical (unpaired) electrons. The van der Waals surface area contributed by atoms with Crippen molar-refractivity contribution in [1.29, 1.82) is 0 Å². The van der Waals surface area contributed by atoms with Gasteiger partial charge in [-0.15, -0.1) is 0 Å². The molecule has 2 nitrogen and oxygen atoms in total. The van der Waals surface area contributed by atoms with Crippen molar-refractivity contribution in [1.82, 2.24) is 4.90 Å². The molecule has 2 aliphatic rings. The third-order valence-corrected chi connectivity index (χ3v) is 5.77. The van der Waals surface area contributed by atoms with E-state index in [0.717, 1.165) is 21.1 Å². The monoisotopic (exact) mass is 413 g/mol. The van der Waals surface area contributed by atoms with E-state index in [2.05, 4.69) is 36.8 Å². The molecule has 0 atom stereocenters. The van der Waals surface area contributed by atoms with Gasteiger partial charge in [0.25, 0.3) is 5.91 Å². The van der Waals surface area contributed by atoms with Crippen LogP contribution in [0.25, 0.3) is 0 Å². The average Bonchev–Trinajstić information content (AvgIpc) is 3.32. The van der Waals surface area contributed by atoms with Gasteiger partial charge in [0.2, 0.25) is 0 Å². The summed E-state index contributed by atoms with van der Waals surface area (Å²) in [6.07, 6.45) is 8.95. The fourth-order valence-corrected chi connectivity index (χ4v) is 4.03. The fraction of sp³-hybridized carbons (Fsp3) is 0.588. The Labute approximate surface area is 143 Å². The fourth-order valence-electron chi connectivity index (χ4n) is 3.25. The van der Waals surface area contributed by atoms with E-state index in [0.29, 0.717) is 12.0 Å². The number of carbonyl (C=O) groups excluding carboxylic acids is 1. The molecule has 0 saturated heterocycles. The molecular weight excluding hydrogens is 394 g/mol. The molecule has 114 valence electrons. The maximum Gasteiger partial charge on any atom is 0.255 e. The summed E-state index contributed by atoms with van der Waals surface area (Å²) >= 11 is 7.00. The largest absolute Gasteiger partial charge is 0.335 e. The number of rotatable bonds is 4. The quantitative estimate of drug-likeness (QED) is 0.646. The van der Waals surface area contributed by atoms with Crippen molar-refractivity contribution in [3.05, 3.63) is 32.7 Å². The summed E-state index contributed by atoms with van der Waals surface area (Å²) in [5.74, 6) is 0.894. The minimum Gasteiger partial charge on any atom is -0.335 e. The van der Waals surface area contributed by atoms with Crippen LogP contribution in [0.2, 0.25) is 0 Å². The summed E-state index contributed by atoms with van der Waals surface area (Å²) in [4.78, 5) is 15.1. The molecule has 2 fully saturated rings. The van der Waals surface area contributed by atoms with Gasteiger partial charge >= 0.3 is 0 Å². The van der Waals surface area contributed by atoms with Crippen molar-refractivity contribution in [3.63, 3.8) is 0 Å². The molecule has 0 aliphatic heterocycles. The molecule has 2 aliphatic carbocycles. The molecule has 0 spiro atoms. The zero-order valence-electron chi connectivity index (χ0n) is 12.2. The van der Waals surface area contributed by atoms with Gasteiger partial charge in [-0.05, 0) is 65.7 Å². The van der Waals surface area contributed by atoms with Gasteiger partial charge in [0.05, 0.1) is 5.56 Å². The first-order valence-electron chi connectivity index (χ1n) is 7.91. The van der Waals surface area contributed by atoms with Crippen LogP contribution in [0.1, 0.15) is 55.3 Å². The smallest absolute Gasteiger partial charge is 0.255 e. The van der Waals surface area contributed by atoms with Crippen LogP contribution in [-0.2, 0) is 0 Å². The molecular formula is C17H21Br2NO. The summed E-state index contributed by atoms with van der Waals surface area (Å²) in [6, 6.07) is 6.32. The van der Waals surface area contributed by atoms with Gasteiger partial charge in [0, 0.05) is 21.5 Å². The zero-order chi connectivity index (χ0) is 14.8. The Balaban J connectivity index is 1.76. The van der Waals surface area contributed by atoms with Gasteiger partial charge in [0.1, 0.15) is 0 Å². The number of benzene rings is 1. The standard InChI is InChI=1S/C17H21Br2NO/c18-13-6-9-16(19)15(10-13)17(21)20(14-7-8-14)11-12-4-2-1-3-5-12/h6,9-10,12,14H,1-5,7-8,11H2. The number of nitrogens with zero attached hydrogens (tertiary/aromatic N) is 1. The molecule has 0 N–H and O–H groups in total. The van der Waals surface area contributed by atoms with Crippen LogP contribution < -0.4 is 0 Å². The Morgan fingerprint density at radius 3 is 2.48 bits per heavy atom. The molecule has 1 amide bonds. The molecule has 0 bridgehead atoms. The second-order valence-electron chi connectivity index (χ2n) is 6.32. The Hall–Kier alpha value is -0.350. The van der Waals surface area contributed by atoms with E-state index in [9.17, 15) is 4.79 Å². The normalized spacial score (nSPS) is 19.5. The molecule has 0 aromatic heterocycles. The van der Waals surface area contributed by atoms with E-state index in [-0.39, 0.29) is 5.91 Å². The summed E-state index contributed by atoms with van der Waals surface area (Å²) in [5, 5.41) is 0. The number of halogens is 2. The van der Waals surface area contributed by atoms with Gasteiger partial charge in [-0.2, -0.15) is 0 Å². The Kier molecular flexibility index (Phi) is 5.05. The lowest BCUT2D eigenvalue weighted by Gasteiger charge is -2.30. The van der Waals surface area contributed by atoms with E-state index in [4.69, 9.17) is 0 Å². The van der Waals surface area contributed by atoms with Crippen molar-refractivity contribution >= 4 is 37.8 Å². The third kappa shape index (κ3) is 3.89. The lowest BCUT2D eigenvalue weighted by molar-refractivity contribution is 0.0698. The van der Waals surface area contributed by atoms with Crippen LogP contribution in [0, 0.1) is 5.92 Å². The Bertz CT molecular complexity index is 522. The van der Waals surface area contributed by atoms with Crippen LogP contribution in [0.4, 0.5) is 0 Å². The average molecular weight is 415 g/mol. The second-order valence-corrected chi connectivity index (χ2v) is 8.09. The van der Waals surface area contributed by atoms with Gasteiger partial charge in [-0.1, -0.05) is 35.2 Å². The lowest BCUT2D eigenvalue weighted by Crippen LogP contribution is -2.38. The van der Waals surface area contributed by atoms with Crippen molar-refractivity contribution < 1.29 is 4.79 Å². The maximum absolute atomic E-state index is 12.9. The summed E-state index contributed by atoms with van der Waals surface area (Å²) in [7, 11) is 0. The molecule has 3 rings (SSSR count). The number of hydrogen-bond acceptors (Lipinski definition) is 1. The molecule has 4 heteroatoms. The number of hydrogen-bond donors (Lipinski definition) is 0. The summed E-state index contributed by atoms with van der Waals surface area (Å²) in [6.45, 7) is 0.947. The molecule has 1 aromatic rings. The first-order valence-corrected chi connectivity index (χ1v) is 9.50. The molecule has 2 saturated carbocycles. The van der Waals surface area contributed by atoms with Crippen LogP contribution in [0.3, 0.4) is 0 Å². The van der Waals surface area contributed by atoms with Crippen molar-refractivity contribution in [3.8, 4) is 0 Å². The van der Waals surface area contributed by atoms with Crippen molar-refractivity contribution in [2.45, 2.75) is 51.0 Å². The zero-order valence-corrected chi connectivity index (χ0v) is 15.3. The topological polar surface area (TPSA) is 20.3 Å². The lowest BCUT2D eigenvalue weighted by atomic mass is 9.89. The number of amides is 1. The van der Waals surface area contributed by atoms with Crippen LogP contribution in [0.15, 0.2) is 27.1 Å². The Morgan fingerprint density at radius 2 is 1.81 bits per heavy atom. The predicted molar refractivity (Wildman–Crippen MR) is 92.5 cm³/mol. The van der Waals surface area contributed by atoms with Crippen molar-refractivity contribution in [2.75, 3.05) is 6.54 Å². The third-order valence-electron chi connectivity index (χ3n) is 4.59. The number of carbonyl (C=O) groups is 1. The van der Waals surface area contributed by atoms with E-state index >= 15 is 0 Å². The van der Waals surface area contributed by atoms with Crippen molar-refractivity contribution in [2.24, 2.45) is 5.92 Å². The van der Waals surface area contributed by atoms with E-state index < -0.39 is 0 Å². The van der Waals surface area contributed by atoms with E-state index in [1.54, 1.807) is 0 Å². The van der Waals surface area contributed by atoms with Crippen LogP contribution in [-0.4, -0.2) is 23.4 Å². The van der Waals surface area contributed by atoms with E-state index in [1.807, 2.05) is 18.2 Å². The highest BCUT2D eigenvalue weighted by molar-refractivity contribution is 9.11. The molecule has 0 unspecified atom stereocenters. The highest BCUT2D eigenvalue weighted by atomic mass is 79.9. The molecule has 0 heterocycles. The maximum atomic E-state index is 12.9. The summed E-state index contributed by atoms with van der Waals surface area (Å²) < 4.78 is 1.85. The highest BCUT2D eigenvalue weighted by Gasteiger charge is 2.35. The van der Waals surface area contributed by atoms with Gasteiger partial charge in [0.15, 0.2) is 0 Å². The highest BCUT2D eigenvalue weighted by Crippen LogP contribution is 2.34. The van der Waals surface area contributed by atoms with Crippen LogP contribution in [0.5, 0.6) is 0 Å². The minimum atomic E-state index is 0.191. The van der Waals surface area contributed by atoms with Gasteiger partial charge < -0.3 is 4.90 Å². The van der Waals surface area contributed by atoms with Gasteiger partial charge in [-0.25, -0.2) is 0 Å². The molecule has 1 aromatic carbocycles. The Morgan fingerprint density at radius 1 is 1.10 bits per heavy atom. The first-order chi connectivity index (χ1) is 10.1. The second kappa shape index (κ2) is 6.82. The minimum absolute atomic E-state index is 0.191.